The molecule has 17 heavy (non-hydrogen) atoms. The number of hydrogen-bond donors (Lipinski definition) is 0. The number of carbonyl (C=O) groups is 1. The van der Waals surface area contributed by atoms with Gasteiger partial charge in [-0.25, -0.2) is 0 Å². The number of rotatable bonds is 3. The second-order valence-corrected chi connectivity index (χ2v) is 5.60. The van der Waals surface area contributed by atoms with Gasteiger partial charge in [0.1, 0.15) is 4.38 Å². The van der Waals surface area contributed by atoms with Crippen LogP contribution in [0.1, 0.15) is 5.56 Å². The quantitative estimate of drug-likeness (QED) is 0.615. The molecule has 1 aromatic carbocycles. The fraction of sp³-hybridized carbons (Fsp3) is 0.0769. The van der Waals surface area contributed by atoms with Crippen molar-refractivity contribution in [3.8, 4) is 0 Å². The van der Waals surface area contributed by atoms with Gasteiger partial charge in [-0.2, -0.15) is 4.99 Å². The third-order valence-corrected chi connectivity index (χ3v) is 4.15. The van der Waals surface area contributed by atoms with Crippen molar-refractivity contribution >= 4 is 39.9 Å². The van der Waals surface area contributed by atoms with Crippen molar-refractivity contribution in [2.75, 3.05) is 5.75 Å². The van der Waals surface area contributed by atoms with E-state index in [1.165, 1.54) is 23.5 Å². The summed E-state index contributed by atoms with van der Waals surface area (Å²) in [5.41, 5.74) is 1.02. The number of thioether (sulfide) groups is 2. The van der Waals surface area contributed by atoms with E-state index in [1.807, 2.05) is 36.4 Å². The number of aliphatic imine (C=N–C) groups is 1. The van der Waals surface area contributed by atoms with Crippen LogP contribution in [0.4, 0.5) is 0 Å². The lowest BCUT2D eigenvalue weighted by molar-refractivity contribution is -0.113. The zero-order chi connectivity index (χ0) is 12.1. The fourth-order valence-corrected chi connectivity index (χ4v) is 3.04. The van der Waals surface area contributed by atoms with Crippen molar-refractivity contribution in [1.82, 2.24) is 0 Å². The molecule has 0 radical (unpaired) electrons. The first-order valence-electron chi connectivity index (χ1n) is 5.11. The topological polar surface area (TPSA) is 29.4 Å². The van der Waals surface area contributed by atoms with E-state index in [0.29, 0.717) is 4.91 Å². The Balaban J connectivity index is 2.09. The second kappa shape index (κ2) is 5.89. The first-order chi connectivity index (χ1) is 8.29. The lowest BCUT2D eigenvalue weighted by atomic mass is 10.2. The Kier molecular flexibility index (Phi) is 4.23. The minimum atomic E-state index is -0.148. The summed E-state index contributed by atoms with van der Waals surface area (Å²) < 4.78 is 0.803. The smallest absolute Gasteiger partial charge is 0.266 e. The van der Waals surface area contributed by atoms with Gasteiger partial charge in [0.25, 0.3) is 5.91 Å². The molecular formula is C13H11NOS2. The monoisotopic (exact) mass is 261 g/mol. The van der Waals surface area contributed by atoms with E-state index in [-0.39, 0.29) is 5.91 Å². The molecule has 4 heteroatoms. The first-order valence-corrected chi connectivity index (χ1v) is 6.91. The van der Waals surface area contributed by atoms with Crippen LogP contribution < -0.4 is 0 Å². The summed E-state index contributed by atoms with van der Waals surface area (Å²) in [7, 11) is 0. The van der Waals surface area contributed by atoms with Crippen LogP contribution in [0.5, 0.6) is 0 Å². The molecule has 1 aliphatic rings. The first kappa shape index (κ1) is 12.2. The maximum Gasteiger partial charge on any atom is 0.285 e. The van der Waals surface area contributed by atoms with Gasteiger partial charge in [0.05, 0.1) is 4.91 Å². The van der Waals surface area contributed by atoms with E-state index in [0.717, 1.165) is 15.7 Å². The zero-order valence-corrected chi connectivity index (χ0v) is 10.8. The highest BCUT2D eigenvalue weighted by molar-refractivity contribution is 8.41. The molecular weight excluding hydrogens is 250 g/mol. The Morgan fingerprint density at radius 1 is 1.35 bits per heavy atom. The van der Waals surface area contributed by atoms with Crippen molar-refractivity contribution in [2.45, 2.75) is 0 Å². The van der Waals surface area contributed by atoms with Crippen LogP contribution in [0.2, 0.25) is 0 Å². The van der Waals surface area contributed by atoms with Crippen LogP contribution in [-0.4, -0.2) is 16.0 Å². The van der Waals surface area contributed by atoms with Gasteiger partial charge in [0, 0.05) is 5.75 Å². The summed E-state index contributed by atoms with van der Waals surface area (Å²) in [5.74, 6) is 0.628. The molecule has 0 N–H and O–H groups in total. The highest BCUT2D eigenvalue weighted by Crippen LogP contribution is 2.33. The molecule has 1 heterocycles. The largest absolute Gasteiger partial charge is 0.285 e. The third kappa shape index (κ3) is 3.35. The summed E-state index contributed by atoms with van der Waals surface area (Å²) in [5, 5.41) is 0. The molecule has 1 aromatic rings. The van der Waals surface area contributed by atoms with Gasteiger partial charge >= 0.3 is 0 Å². The van der Waals surface area contributed by atoms with Crippen LogP contribution in [0.25, 0.3) is 6.08 Å². The number of benzene rings is 1. The average Bonchev–Trinajstić information content (AvgIpc) is 2.69. The van der Waals surface area contributed by atoms with Gasteiger partial charge in [0.2, 0.25) is 0 Å². The molecule has 0 aromatic heterocycles. The molecule has 0 unspecified atom stereocenters. The Morgan fingerprint density at radius 2 is 2.12 bits per heavy atom. The van der Waals surface area contributed by atoms with Crippen molar-refractivity contribution in [3.63, 3.8) is 0 Å². The van der Waals surface area contributed by atoms with E-state index in [1.54, 1.807) is 6.08 Å². The highest BCUT2D eigenvalue weighted by Gasteiger charge is 2.21. The van der Waals surface area contributed by atoms with Crippen LogP contribution >= 0.6 is 23.5 Å². The summed E-state index contributed by atoms with van der Waals surface area (Å²) in [6.07, 6.45) is 3.68. The molecule has 0 saturated carbocycles. The van der Waals surface area contributed by atoms with Crippen molar-refractivity contribution in [3.05, 3.63) is 53.5 Å². The predicted molar refractivity (Wildman–Crippen MR) is 77.1 cm³/mol. The molecule has 2 rings (SSSR count). The predicted octanol–water partition coefficient (Wildman–Crippen LogP) is 3.58. The van der Waals surface area contributed by atoms with Gasteiger partial charge in [-0.3, -0.25) is 4.79 Å². The number of amides is 1. The molecule has 0 aliphatic carbocycles. The normalized spacial score (nSPS) is 17.3. The van der Waals surface area contributed by atoms with Crippen molar-refractivity contribution in [2.24, 2.45) is 4.99 Å². The van der Waals surface area contributed by atoms with Crippen LogP contribution in [0, 0.1) is 0 Å². The van der Waals surface area contributed by atoms with Crippen LogP contribution in [-0.2, 0) is 4.79 Å². The number of hydrogen-bond acceptors (Lipinski definition) is 3. The Hall–Kier alpha value is -1.26. The number of nitrogens with zero attached hydrogens (tertiary/aromatic N) is 1. The van der Waals surface area contributed by atoms with Crippen molar-refractivity contribution < 1.29 is 4.79 Å². The third-order valence-electron chi connectivity index (χ3n) is 2.02. The van der Waals surface area contributed by atoms with E-state index >= 15 is 0 Å². The molecule has 86 valence electrons. The summed E-state index contributed by atoms with van der Waals surface area (Å²) in [4.78, 5) is 16.3. The molecule has 0 atom stereocenters. The minimum absolute atomic E-state index is 0.148. The zero-order valence-electron chi connectivity index (χ0n) is 9.13. The second-order valence-electron chi connectivity index (χ2n) is 3.30. The van der Waals surface area contributed by atoms with Gasteiger partial charge in [-0.05, 0) is 11.6 Å². The Morgan fingerprint density at radius 3 is 2.82 bits per heavy atom. The van der Waals surface area contributed by atoms with E-state index in [2.05, 4.69) is 11.6 Å². The molecule has 2 nitrogen and oxygen atoms in total. The van der Waals surface area contributed by atoms with Gasteiger partial charge < -0.3 is 0 Å². The summed E-state index contributed by atoms with van der Waals surface area (Å²) >= 11 is 2.97. The SMILES string of the molecule is C=CCSC1=NC(=O)/C(=C/c2ccccc2)S1. The van der Waals surface area contributed by atoms with Gasteiger partial charge in [-0.15, -0.1) is 6.58 Å². The van der Waals surface area contributed by atoms with Crippen LogP contribution in [0.3, 0.4) is 0 Å². The molecule has 1 amide bonds. The molecule has 1 aliphatic heterocycles. The van der Waals surface area contributed by atoms with E-state index < -0.39 is 0 Å². The van der Waals surface area contributed by atoms with Crippen LogP contribution in [0.15, 0.2) is 52.9 Å². The van der Waals surface area contributed by atoms with E-state index in [9.17, 15) is 4.79 Å². The van der Waals surface area contributed by atoms with Crippen molar-refractivity contribution in [1.29, 1.82) is 0 Å². The molecule has 0 bridgehead atoms. The molecule has 0 spiro atoms. The Bertz CT molecular complexity index is 491. The summed E-state index contributed by atoms with van der Waals surface area (Å²) in [6, 6.07) is 9.79. The molecule has 0 saturated heterocycles. The lowest BCUT2D eigenvalue weighted by Crippen LogP contribution is -1.87. The van der Waals surface area contributed by atoms with Gasteiger partial charge in [-0.1, -0.05) is 59.9 Å². The maximum atomic E-state index is 11.6. The summed E-state index contributed by atoms with van der Waals surface area (Å²) in [6.45, 7) is 3.64. The Labute approximate surface area is 109 Å². The highest BCUT2D eigenvalue weighted by atomic mass is 32.2. The number of carbonyl (C=O) groups excluding carboxylic acids is 1. The standard InChI is InChI=1S/C13H11NOS2/c1-2-8-16-13-14-12(15)11(17-13)9-10-6-4-3-5-7-10/h2-7,9H,1,8H2/b11-9-. The average molecular weight is 261 g/mol. The minimum Gasteiger partial charge on any atom is -0.266 e. The lowest BCUT2D eigenvalue weighted by Gasteiger charge is -1.95. The van der Waals surface area contributed by atoms with Gasteiger partial charge in [0.15, 0.2) is 0 Å². The maximum absolute atomic E-state index is 11.6. The molecule has 0 fully saturated rings. The fourth-order valence-electron chi connectivity index (χ4n) is 1.28. The van der Waals surface area contributed by atoms with E-state index in [4.69, 9.17) is 0 Å².